The molecule has 5 aromatic carbocycles. The SMILES string of the molecule is CCCCCCCCCCCCOc1ccc(C(=O)Oc2ccc(C(=O)Oc3ccc4ccc(OC(=O)c5ccc(OC(=O)c6ccc(CCCCCCCCCCCC)s6)cc5)c(C#N)c4c3)cc2)cc1. The van der Waals surface area contributed by atoms with Crippen LogP contribution >= 0.6 is 11.3 Å². The summed E-state index contributed by atoms with van der Waals surface area (Å²) in [6.07, 6.45) is 26.3. The Labute approximate surface area is 429 Å². The summed E-state index contributed by atoms with van der Waals surface area (Å²) in [6.45, 7) is 5.12. The number of ether oxygens (including phenoxy) is 5. The lowest BCUT2D eigenvalue weighted by atomic mass is 10.0. The van der Waals surface area contributed by atoms with Gasteiger partial charge in [0.2, 0.25) is 0 Å². The molecular formula is C61H69NO9S. The van der Waals surface area contributed by atoms with Crippen molar-refractivity contribution in [1.29, 1.82) is 5.26 Å². The van der Waals surface area contributed by atoms with E-state index in [9.17, 15) is 24.4 Å². The minimum absolute atomic E-state index is 0.0225. The van der Waals surface area contributed by atoms with Gasteiger partial charge in [0.1, 0.15) is 45.3 Å². The number of rotatable bonds is 31. The number of nitriles is 1. The van der Waals surface area contributed by atoms with E-state index in [1.807, 2.05) is 6.07 Å². The van der Waals surface area contributed by atoms with Gasteiger partial charge in [0, 0.05) is 10.3 Å². The van der Waals surface area contributed by atoms with E-state index in [0.717, 1.165) is 30.6 Å². The minimum Gasteiger partial charge on any atom is -0.494 e. The molecule has 0 aliphatic rings. The van der Waals surface area contributed by atoms with Crippen LogP contribution in [0.3, 0.4) is 0 Å². The number of benzene rings is 5. The van der Waals surface area contributed by atoms with Gasteiger partial charge >= 0.3 is 23.9 Å². The van der Waals surface area contributed by atoms with Crippen LogP contribution < -0.4 is 23.7 Å². The van der Waals surface area contributed by atoms with Crippen molar-refractivity contribution in [2.24, 2.45) is 0 Å². The Bertz CT molecular complexity index is 2680. The number of nitrogens with zero attached hydrogens (tertiary/aromatic N) is 1. The molecular weight excluding hydrogens is 923 g/mol. The maximum atomic E-state index is 13.3. The van der Waals surface area contributed by atoms with E-state index in [4.69, 9.17) is 23.7 Å². The summed E-state index contributed by atoms with van der Waals surface area (Å²) < 4.78 is 28.4. The van der Waals surface area contributed by atoms with Gasteiger partial charge in [-0.15, -0.1) is 11.3 Å². The molecule has 1 heterocycles. The lowest BCUT2D eigenvalue weighted by Crippen LogP contribution is -2.11. The average Bonchev–Trinajstić information content (AvgIpc) is 3.88. The fourth-order valence-corrected chi connectivity index (χ4v) is 9.31. The molecule has 0 radical (unpaired) electrons. The molecule has 0 saturated carbocycles. The lowest BCUT2D eigenvalue weighted by Gasteiger charge is -2.11. The average molecular weight is 992 g/mol. The Morgan fingerprint density at radius 1 is 0.444 bits per heavy atom. The van der Waals surface area contributed by atoms with Crippen molar-refractivity contribution in [3.63, 3.8) is 0 Å². The van der Waals surface area contributed by atoms with Gasteiger partial charge in [-0.25, -0.2) is 19.2 Å². The molecule has 6 aromatic rings. The Balaban J connectivity index is 0.932. The van der Waals surface area contributed by atoms with Crippen LogP contribution in [0.2, 0.25) is 0 Å². The highest BCUT2D eigenvalue weighted by atomic mass is 32.1. The summed E-state index contributed by atoms with van der Waals surface area (Å²) >= 11 is 1.45. The fraction of sp³-hybridized carbons (Fsp3) is 0.393. The molecule has 0 spiro atoms. The normalized spacial score (nSPS) is 11.0. The number of thiophene rings is 1. The number of esters is 4. The molecule has 1 aromatic heterocycles. The lowest BCUT2D eigenvalue weighted by molar-refractivity contribution is 0.0721. The zero-order valence-corrected chi connectivity index (χ0v) is 42.9. The first kappa shape index (κ1) is 54.6. The van der Waals surface area contributed by atoms with Crippen LogP contribution in [-0.4, -0.2) is 30.5 Å². The summed E-state index contributed by atoms with van der Waals surface area (Å²) in [7, 11) is 0. The first-order chi connectivity index (χ1) is 35.2. The highest BCUT2D eigenvalue weighted by Crippen LogP contribution is 2.32. The summed E-state index contributed by atoms with van der Waals surface area (Å²) in [4.78, 5) is 54.0. The summed E-state index contributed by atoms with van der Waals surface area (Å²) in [6, 6.07) is 32.8. The number of fused-ring (bicyclic) bond motifs is 1. The molecule has 72 heavy (non-hydrogen) atoms. The van der Waals surface area contributed by atoms with Gasteiger partial charge in [-0.3, -0.25) is 0 Å². The van der Waals surface area contributed by atoms with Crippen molar-refractivity contribution in [2.45, 2.75) is 149 Å². The van der Waals surface area contributed by atoms with E-state index in [0.29, 0.717) is 33.6 Å². The number of hydrogen-bond acceptors (Lipinski definition) is 11. The van der Waals surface area contributed by atoms with Gasteiger partial charge in [0.05, 0.1) is 23.3 Å². The Morgan fingerprint density at radius 3 is 1.40 bits per heavy atom. The third-order valence-electron chi connectivity index (χ3n) is 12.6. The van der Waals surface area contributed by atoms with E-state index in [-0.39, 0.29) is 39.7 Å². The first-order valence-electron chi connectivity index (χ1n) is 26.1. The number of hydrogen-bond donors (Lipinski definition) is 0. The second-order valence-electron chi connectivity index (χ2n) is 18.3. The maximum absolute atomic E-state index is 13.3. The molecule has 0 fully saturated rings. The van der Waals surface area contributed by atoms with Crippen LogP contribution in [0.1, 0.15) is 193 Å². The maximum Gasteiger partial charge on any atom is 0.353 e. The van der Waals surface area contributed by atoms with Gasteiger partial charge in [-0.1, -0.05) is 142 Å². The highest BCUT2D eigenvalue weighted by Gasteiger charge is 2.18. The minimum atomic E-state index is -0.715. The van der Waals surface area contributed by atoms with E-state index < -0.39 is 23.9 Å². The second-order valence-corrected chi connectivity index (χ2v) is 19.5. The second kappa shape index (κ2) is 30.2. The molecule has 0 saturated heterocycles. The molecule has 0 aliphatic carbocycles. The molecule has 0 bridgehead atoms. The zero-order chi connectivity index (χ0) is 50.8. The molecule has 0 N–H and O–H groups in total. The van der Waals surface area contributed by atoms with Crippen LogP contribution in [-0.2, 0) is 6.42 Å². The van der Waals surface area contributed by atoms with Crippen molar-refractivity contribution >= 4 is 46.0 Å². The van der Waals surface area contributed by atoms with Crippen molar-refractivity contribution in [1.82, 2.24) is 0 Å². The van der Waals surface area contributed by atoms with Crippen LogP contribution in [0.15, 0.2) is 115 Å². The van der Waals surface area contributed by atoms with Crippen LogP contribution in [0.4, 0.5) is 0 Å². The van der Waals surface area contributed by atoms with Crippen molar-refractivity contribution in [2.75, 3.05) is 6.61 Å². The molecule has 10 nitrogen and oxygen atoms in total. The zero-order valence-electron chi connectivity index (χ0n) is 42.1. The third kappa shape index (κ3) is 17.8. The van der Waals surface area contributed by atoms with E-state index in [1.54, 1.807) is 48.5 Å². The van der Waals surface area contributed by atoms with Gasteiger partial charge in [-0.2, -0.15) is 5.26 Å². The fourth-order valence-electron chi connectivity index (χ4n) is 8.38. The predicted molar refractivity (Wildman–Crippen MR) is 285 cm³/mol. The van der Waals surface area contributed by atoms with Crippen LogP contribution in [0, 0.1) is 11.3 Å². The summed E-state index contributed by atoms with van der Waals surface area (Å²) in [5.41, 5.74) is 0.830. The van der Waals surface area contributed by atoms with Gasteiger partial charge < -0.3 is 23.7 Å². The molecule has 6 rings (SSSR count). The van der Waals surface area contributed by atoms with Gasteiger partial charge in [-0.05, 0) is 128 Å². The highest BCUT2D eigenvalue weighted by molar-refractivity contribution is 7.13. The van der Waals surface area contributed by atoms with Crippen LogP contribution in [0.5, 0.6) is 28.7 Å². The van der Waals surface area contributed by atoms with Gasteiger partial charge in [0.25, 0.3) is 0 Å². The molecule has 378 valence electrons. The Kier molecular flexibility index (Phi) is 22.9. The van der Waals surface area contributed by atoms with E-state index >= 15 is 0 Å². The summed E-state index contributed by atoms with van der Waals surface area (Å²) in [5.74, 6) is -0.978. The standard InChI is InChI=1S/C61H69NO9S/c1-3-5-7-9-11-13-15-17-19-21-23-53-39-41-57(72-53)61(66)69-51-36-29-48(30-37-51)60(65)71-56-40-31-45-24-38-52(43-54(45)55(56)44-62)70-59(64)47-27-34-50(35-28-47)68-58(63)46-25-32-49(33-26-46)67-42-22-20-18-16-14-12-10-8-6-4-2/h24-41,43H,3-23,42H2,1-2H3. The molecule has 0 aliphatic heterocycles. The summed E-state index contributed by atoms with van der Waals surface area (Å²) in [5, 5.41) is 11.3. The largest absolute Gasteiger partial charge is 0.494 e. The Hall–Kier alpha value is -6.77. The topological polar surface area (TPSA) is 138 Å². The number of aryl methyl sites for hydroxylation is 1. The number of unbranched alkanes of at least 4 members (excludes halogenated alkanes) is 18. The monoisotopic (exact) mass is 991 g/mol. The van der Waals surface area contributed by atoms with E-state index in [1.165, 1.54) is 181 Å². The number of carbonyl (C=O) groups excluding carboxylic acids is 4. The third-order valence-corrected chi connectivity index (χ3v) is 13.7. The molecule has 0 atom stereocenters. The molecule has 0 amide bonds. The van der Waals surface area contributed by atoms with Gasteiger partial charge in [0.15, 0.2) is 0 Å². The van der Waals surface area contributed by atoms with Crippen molar-refractivity contribution < 1.29 is 42.9 Å². The molecule has 0 unspecified atom stereocenters. The Morgan fingerprint density at radius 2 is 0.875 bits per heavy atom. The smallest absolute Gasteiger partial charge is 0.353 e. The van der Waals surface area contributed by atoms with Crippen molar-refractivity contribution in [3.05, 3.63) is 147 Å². The van der Waals surface area contributed by atoms with Crippen LogP contribution in [0.25, 0.3) is 10.8 Å². The van der Waals surface area contributed by atoms with E-state index in [2.05, 4.69) is 19.9 Å². The first-order valence-corrected chi connectivity index (χ1v) is 26.9. The number of carbonyl (C=O) groups is 4. The molecule has 11 heteroatoms. The van der Waals surface area contributed by atoms with Crippen molar-refractivity contribution in [3.8, 4) is 34.8 Å². The quantitative estimate of drug-likeness (QED) is 0.0235. The predicted octanol–water partition coefficient (Wildman–Crippen LogP) is 16.4.